The number of rotatable bonds is 6. The molecule has 1 saturated heterocycles. The number of ether oxygens (including phenoxy) is 1. The van der Waals surface area contributed by atoms with Gasteiger partial charge in [0.2, 0.25) is 0 Å². The van der Waals surface area contributed by atoms with Crippen LogP contribution in [0.25, 0.3) is 0 Å². The Labute approximate surface area is 153 Å². The third-order valence-electron chi connectivity index (χ3n) is 5.10. The number of carbonyl (C=O) groups is 1. The summed E-state index contributed by atoms with van der Waals surface area (Å²) in [4.78, 5) is 15.1. The van der Waals surface area contributed by atoms with Crippen LogP contribution in [0.1, 0.15) is 41.6 Å². The van der Waals surface area contributed by atoms with Gasteiger partial charge in [-0.1, -0.05) is 11.6 Å². The van der Waals surface area contributed by atoms with Crippen molar-refractivity contribution in [3.8, 4) is 5.75 Å². The van der Waals surface area contributed by atoms with Crippen LogP contribution in [-0.4, -0.2) is 35.9 Å². The van der Waals surface area contributed by atoms with Crippen molar-refractivity contribution >= 4 is 17.4 Å². The molecule has 1 unspecified atom stereocenters. The van der Waals surface area contributed by atoms with E-state index in [0.717, 1.165) is 18.4 Å². The van der Waals surface area contributed by atoms with Gasteiger partial charge in [0.1, 0.15) is 12.4 Å². The maximum Gasteiger partial charge on any atom is 0.193 e. The van der Waals surface area contributed by atoms with E-state index in [1.165, 1.54) is 32.2 Å². The number of carbonyl (C=O) groups excluding carboxylic acids is 1. The van der Waals surface area contributed by atoms with E-state index in [2.05, 4.69) is 4.90 Å². The van der Waals surface area contributed by atoms with E-state index in [0.29, 0.717) is 22.2 Å². The molecular weight excluding hydrogens is 334 g/mol. The van der Waals surface area contributed by atoms with Gasteiger partial charge in [-0.3, -0.25) is 9.69 Å². The zero-order valence-corrected chi connectivity index (χ0v) is 14.9. The summed E-state index contributed by atoms with van der Waals surface area (Å²) >= 11 is 5.87. The van der Waals surface area contributed by atoms with Gasteiger partial charge >= 0.3 is 0 Å². The highest BCUT2D eigenvalue weighted by atomic mass is 35.5. The number of nitrogens with zero attached hydrogens (tertiary/aromatic N) is 1. The predicted molar refractivity (Wildman–Crippen MR) is 99.6 cm³/mol. The molecule has 1 saturated carbocycles. The Balaban J connectivity index is 1.36. The number of benzene rings is 2. The van der Waals surface area contributed by atoms with Gasteiger partial charge in [0.25, 0.3) is 0 Å². The molecule has 1 heterocycles. The fourth-order valence-corrected chi connectivity index (χ4v) is 3.71. The van der Waals surface area contributed by atoms with Gasteiger partial charge in [0.15, 0.2) is 5.78 Å². The molecule has 25 heavy (non-hydrogen) atoms. The maximum atomic E-state index is 12.5. The van der Waals surface area contributed by atoms with Gasteiger partial charge in [0, 0.05) is 28.2 Å². The first-order chi connectivity index (χ1) is 12.2. The lowest BCUT2D eigenvalue weighted by Gasteiger charge is -2.24. The number of hydrogen-bond acceptors (Lipinski definition) is 3. The van der Waals surface area contributed by atoms with Crippen molar-refractivity contribution in [3.63, 3.8) is 0 Å². The molecule has 0 aromatic heterocycles. The lowest BCUT2D eigenvalue weighted by atomic mass is 10.0. The van der Waals surface area contributed by atoms with Gasteiger partial charge < -0.3 is 4.74 Å². The molecule has 1 atom stereocenters. The lowest BCUT2D eigenvalue weighted by Crippen LogP contribution is -2.35. The van der Waals surface area contributed by atoms with Crippen molar-refractivity contribution in [2.24, 2.45) is 0 Å². The Hall–Kier alpha value is -1.84. The van der Waals surface area contributed by atoms with Crippen LogP contribution in [0.2, 0.25) is 5.02 Å². The van der Waals surface area contributed by atoms with Crippen molar-refractivity contribution < 1.29 is 9.53 Å². The van der Waals surface area contributed by atoms with Crippen LogP contribution in [-0.2, 0) is 0 Å². The summed E-state index contributed by atoms with van der Waals surface area (Å²) in [5.41, 5.74) is 1.30. The van der Waals surface area contributed by atoms with Crippen LogP contribution in [0.4, 0.5) is 0 Å². The molecule has 0 amide bonds. The summed E-state index contributed by atoms with van der Waals surface area (Å²) in [6, 6.07) is 15.8. The average Bonchev–Trinajstić information content (AvgIpc) is 3.38. The van der Waals surface area contributed by atoms with Crippen LogP contribution in [0.15, 0.2) is 48.5 Å². The normalized spacial score (nSPS) is 20.6. The van der Waals surface area contributed by atoms with Crippen LogP contribution in [0.3, 0.4) is 0 Å². The van der Waals surface area contributed by atoms with Crippen LogP contribution in [0, 0.1) is 0 Å². The van der Waals surface area contributed by atoms with Crippen molar-refractivity contribution in [1.82, 2.24) is 4.90 Å². The van der Waals surface area contributed by atoms with Gasteiger partial charge in [-0.25, -0.2) is 0 Å². The van der Waals surface area contributed by atoms with E-state index in [9.17, 15) is 4.79 Å². The van der Waals surface area contributed by atoms with Gasteiger partial charge in [-0.15, -0.1) is 0 Å². The molecule has 4 rings (SSSR count). The Morgan fingerprint density at radius 2 is 1.64 bits per heavy atom. The molecule has 0 N–H and O–H groups in total. The predicted octanol–water partition coefficient (Wildman–Crippen LogP) is 4.58. The second kappa shape index (κ2) is 7.19. The van der Waals surface area contributed by atoms with Crippen LogP contribution < -0.4 is 4.74 Å². The summed E-state index contributed by atoms with van der Waals surface area (Å²) in [6.45, 7) is 1.95. The molecule has 2 aromatic rings. The van der Waals surface area contributed by atoms with Crippen molar-refractivity contribution in [3.05, 3.63) is 64.7 Å². The second-order valence-corrected chi connectivity index (χ2v) is 7.37. The zero-order valence-electron chi connectivity index (χ0n) is 14.2. The molecule has 2 aromatic carbocycles. The number of halogens is 1. The summed E-state index contributed by atoms with van der Waals surface area (Å²) in [7, 11) is 0. The largest absolute Gasteiger partial charge is 0.492 e. The third kappa shape index (κ3) is 3.88. The Kier molecular flexibility index (Phi) is 4.78. The summed E-state index contributed by atoms with van der Waals surface area (Å²) in [6.07, 6.45) is 5.19. The number of ketones is 1. The Bertz CT molecular complexity index is 737. The SMILES string of the molecule is O=C(c1ccc(Cl)cc1)c1ccc(OCC2CCCN2C2CC2)cc1. The lowest BCUT2D eigenvalue weighted by molar-refractivity contribution is 0.103. The van der Waals surface area contributed by atoms with Crippen molar-refractivity contribution in [1.29, 1.82) is 0 Å². The average molecular weight is 356 g/mol. The monoisotopic (exact) mass is 355 g/mol. The number of likely N-dealkylation sites (tertiary alicyclic amines) is 1. The minimum atomic E-state index is -0.00100. The van der Waals surface area contributed by atoms with Crippen molar-refractivity contribution in [2.75, 3.05) is 13.2 Å². The maximum absolute atomic E-state index is 12.5. The fourth-order valence-electron chi connectivity index (χ4n) is 3.59. The van der Waals surface area contributed by atoms with E-state index in [-0.39, 0.29) is 5.78 Å². The topological polar surface area (TPSA) is 29.5 Å². The number of hydrogen-bond donors (Lipinski definition) is 0. The molecule has 0 radical (unpaired) electrons. The molecule has 4 heteroatoms. The summed E-state index contributed by atoms with van der Waals surface area (Å²) in [5.74, 6) is 0.828. The van der Waals surface area contributed by atoms with E-state index in [4.69, 9.17) is 16.3 Å². The molecule has 2 aliphatic rings. The van der Waals surface area contributed by atoms with E-state index < -0.39 is 0 Å². The fraction of sp³-hybridized carbons (Fsp3) is 0.381. The van der Waals surface area contributed by atoms with E-state index >= 15 is 0 Å². The first-order valence-corrected chi connectivity index (χ1v) is 9.37. The van der Waals surface area contributed by atoms with Crippen LogP contribution >= 0.6 is 11.6 Å². The molecule has 3 nitrogen and oxygen atoms in total. The highest BCUT2D eigenvalue weighted by molar-refractivity contribution is 6.30. The summed E-state index contributed by atoms with van der Waals surface area (Å²) < 4.78 is 5.98. The standard InChI is InChI=1S/C21H22ClNO2/c22-17-7-3-15(4-8-17)21(24)16-5-11-20(12-6-16)25-14-19-2-1-13-23(19)18-9-10-18/h3-8,11-12,18-19H,1-2,9-10,13-14H2. The third-order valence-corrected chi connectivity index (χ3v) is 5.36. The highest BCUT2D eigenvalue weighted by Crippen LogP contribution is 2.33. The summed E-state index contributed by atoms with van der Waals surface area (Å²) in [5, 5.41) is 0.632. The first kappa shape index (κ1) is 16.6. The van der Waals surface area contributed by atoms with E-state index in [1.54, 1.807) is 24.3 Å². The minimum Gasteiger partial charge on any atom is -0.492 e. The zero-order chi connectivity index (χ0) is 17.2. The van der Waals surface area contributed by atoms with E-state index in [1.807, 2.05) is 24.3 Å². The molecule has 0 spiro atoms. The Morgan fingerprint density at radius 3 is 2.28 bits per heavy atom. The quantitative estimate of drug-likeness (QED) is 0.710. The minimum absolute atomic E-state index is 0.00100. The van der Waals surface area contributed by atoms with Crippen molar-refractivity contribution in [2.45, 2.75) is 37.8 Å². The van der Waals surface area contributed by atoms with Gasteiger partial charge in [-0.2, -0.15) is 0 Å². The molecular formula is C21H22ClNO2. The molecule has 1 aliphatic carbocycles. The first-order valence-electron chi connectivity index (χ1n) is 8.99. The smallest absolute Gasteiger partial charge is 0.193 e. The Morgan fingerprint density at radius 1 is 1.00 bits per heavy atom. The molecule has 130 valence electrons. The van der Waals surface area contributed by atoms with Gasteiger partial charge in [-0.05, 0) is 80.8 Å². The molecule has 0 bridgehead atoms. The van der Waals surface area contributed by atoms with Gasteiger partial charge in [0.05, 0.1) is 0 Å². The molecule has 2 fully saturated rings. The second-order valence-electron chi connectivity index (χ2n) is 6.94. The molecule has 1 aliphatic heterocycles. The van der Waals surface area contributed by atoms with Crippen LogP contribution in [0.5, 0.6) is 5.75 Å². The highest BCUT2D eigenvalue weighted by Gasteiger charge is 2.36.